The van der Waals surface area contributed by atoms with Crippen LogP contribution in [-0.4, -0.2) is 27.4 Å². The Morgan fingerprint density at radius 2 is 1.76 bits per heavy atom. The number of ketones is 1. The van der Waals surface area contributed by atoms with Gasteiger partial charge in [-0.3, -0.25) is 9.69 Å². The van der Waals surface area contributed by atoms with Crippen molar-refractivity contribution in [1.82, 2.24) is 0 Å². The predicted molar refractivity (Wildman–Crippen MR) is 144 cm³/mol. The van der Waals surface area contributed by atoms with Gasteiger partial charge in [0.25, 0.3) is 0 Å². The van der Waals surface area contributed by atoms with Crippen LogP contribution in [0, 0.1) is 16.7 Å². The number of anilines is 1. The second kappa shape index (κ2) is 9.82. The van der Waals surface area contributed by atoms with Gasteiger partial charge in [-0.25, -0.2) is 13.6 Å². The van der Waals surface area contributed by atoms with Crippen LogP contribution < -0.4 is 25.2 Å². The smallest absolute Gasteiger partial charge is 0.238 e. The molecular weight excluding hydrogens is 504 g/mol. The highest BCUT2D eigenvalue weighted by Crippen LogP contribution is 2.51. The molecular formula is C28H32N4O5S. The van der Waals surface area contributed by atoms with Crippen molar-refractivity contribution in [1.29, 1.82) is 5.26 Å². The number of sulfonamides is 1. The molecule has 0 saturated carbocycles. The Bertz CT molecular complexity index is 1500. The second-order valence-corrected chi connectivity index (χ2v) is 12.2. The molecule has 2 aliphatic rings. The Morgan fingerprint density at radius 1 is 1.11 bits per heavy atom. The van der Waals surface area contributed by atoms with Crippen LogP contribution in [0.5, 0.6) is 11.5 Å². The minimum atomic E-state index is -3.90. The lowest BCUT2D eigenvalue weighted by Gasteiger charge is -2.43. The molecule has 4 N–H and O–H groups in total. The number of benzene rings is 2. The van der Waals surface area contributed by atoms with Gasteiger partial charge in [-0.05, 0) is 67.6 Å². The van der Waals surface area contributed by atoms with Crippen molar-refractivity contribution in [3.63, 3.8) is 0 Å². The average molecular weight is 537 g/mol. The molecule has 1 heterocycles. The lowest BCUT2D eigenvalue weighted by Crippen LogP contribution is -2.42. The number of carbonyl (C=O) groups excluding carboxylic acids is 1. The monoisotopic (exact) mass is 536 g/mol. The minimum absolute atomic E-state index is 0.0516. The quantitative estimate of drug-likeness (QED) is 0.561. The van der Waals surface area contributed by atoms with Crippen LogP contribution in [0.2, 0.25) is 0 Å². The topological polar surface area (TPSA) is 149 Å². The number of ether oxygens (including phenoxy) is 2. The number of rotatable bonds is 6. The molecule has 0 aromatic heterocycles. The van der Waals surface area contributed by atoms with Crippen LogP contribution in [0.4, 0.5) is 5.69 Å². The van der Waals surface area contributed by atoms with E-state index in [9.17, 15) is 18.5 Å². The highest BCUT2D eigenvalue weighted by atomic mass is 32.2. The lowest BCUT2D eigenvalue weighted by atomic mass is 9.68. The number of nitrogens with two attached hydrogens (primary N) is 2. The molecule has 2 aromatic rings. The summed E-state index contributed by atoms with van der Waals surface area (Å²) in [6.07, 6.45) is 0.762. The zero-order valence-electron chi connectivity index (χ0n) is 22.1. The number of nitriles is 1. The molecule has 0 saturated heterocycles. The molecule has 10 heteroatoms. The lowest BCUT2D eigenvalue weighted by molar-refractivity contribution is -0.118. The fourth-order valence-corrected chi connectivity index (χ4v) is 5.65. The van der Waals surface area contributed by atoms with E-state index in [1.807, 2.05) is 33.8 Å². The zero-order chi connectivity index (χ0) is 28.0. The maximum Gasteiger partial charge on any atom is 0.238 e. The number of nitrogens with zero attached hydrogens (tertiary/aromatic N) is 2. The molecule has 4 rings (SSSR count). The van der Waals surface area contributed by atoms with Crippen LogP contribution in [0.1, 0.15) is 52.0 Å². The molecule has 0 bridgehead atoms. The Kier molecular flexibility index (Phi) is 7.03. The third-order valence-corrected chi connectivity index (χ3v) is 7.62. The van der Waals surface area contributed by atoms with Gasteiger partial charge in [0.15, 0.2) is 17.3 Å². The molecule has 1 aliphatic heterocycles. The Labute approximate surface area is 223 Å². The van der Waals surface area contributed by atoms with Gasteiger partial charge in [0.1, 0.15) is 5.82 Å². The van der Waals surface area contributed by atoms with Crippen molar-refractivity contribution in [2.75, 3.05) is 12.0 Å². The van der Waals surface area contributed by atoms with Crippen molar-refractivity contribution >= 4 is 21.5 Å². The van der Waals surface area contributed by atoms with Crippen LogP contribution in [-0.2, 0) is 14.8 Å². The van der Waals surface area contributed by atoms with E-state index in [1.165, 1.54) is 19.2 Å². The highest BCUT2D eigenvalue weighted by molar-refractivity contribution is 7.89. The maximum absolute atomic E-state index is 13.7. The van der Waals surface area contributed by atoms with Crippen LogP contribution in [0.3, 0.4) is 0 Å². The van der Waals surface area contributed by atoms with E-state index in [1.54, 1.807) is 29.2 Å². The maximum atomic E-state index is 13.7. The summed E-state index contributed by atoms with van der Waals surface area (Å²) < 4.78 is 35.0. The molecule has 1 atom stereocenters. The summed E-state index contributed by atoms with van der Waals surface area (Å²) in [5.74, 6) is 0.444. The fourth-order valence-electron chi connectivity index (χ4n) is 5.14. The molecule has 200 valence electrons. The average Bonchev–Trinajstić information content (AvgIpc) is 2.82. The van der Waals surface area contributed by atoms with Crippen molar-refractivity contribution in [3.8, 4) is 17.6 Å². The summed E-state index contributed by atoms with van der Waals surface area (Å²) in [4.78, 5) is 15.3. The first-order chi connectivity index (χ1) is 17.8. The predicted octanol–water partition coefficient (Wildman–Crippen LogP) is 4.07. The molecule has 0 radical (unpaired) electrons. The number of methoxy groups -OCH3 is 1. The number of allylic oxidation sites excluding steroid dienone is 3. The van der Waals surface area contributed by atoms with E-state index in [4.69, 9.17) is 20.3 Å². The van der Waals surface area contributed by atoms with Crippen LogP contribution in [0.15, 0.2) is 70.0 Å². The summed E-state index contributed by atoms with van der Waals surface area (Å²) in [5.41, 5.74) is 8.90. The second-order valence-electron chi connectivity index (χ2n) is 10.6. The van der Waals surface area contributed by atoms with Gasteiger partial charge in [-0.2, -0.15) is 5.26 Å². The number of carbonyl (C=O) groups is 1. The third-order valence-electron chi connectivity index (χ3n) is 6.69. The van der Waals surface area contributed by atoms with E-state index in [2.05, 4.69) is 6.07 Å². The van der Waals surface area contributed by atoms with Gasteiger partial charge in [0.05, 0.1) is 35.7 Å². The van der Waals surface area contributed by atoms with E-state index in [0.29, 0.717) is 46.9 Å². The van der Waals surface area contributed by atoms with Crippen LogP contribution in [0.25, 0.3) is 0 Å². The zero-order valence-corrected chi connectivity index (χ0v) is 22.9. The summed E-state index contributed by atoms with van der Waals surface area (Å²) in [7, 11) is -2.36. The SMILES string of the molecule is COc1cc([C@H]2C(C#N)=C(N)N(c3ccc(S(N)(=O)=O)cc3)C3=C2C(=O)CC(C)(C)C3)ccc1OC(C)C. The number of hydrogen-bond acceptors (Lipinski definition) is 8. The Hall–Kier alpha value is -3.81. The van der Waals surface area contributed by atoms with Gasteiger partial charge < -0.3 is 15.2 Å². The third kappa shape index (κ3) is 4.99. The summed E-state index contributed by atoms with van der Waals surface area (Å²) >= 11 is 0. The summed E-state index contributed by atoms with van der Waals surface area (Å²) in [6, 6.07) is 13.5. The molecule has 0 fully saturated rings. The largest absolute Gasteiger partial charge is 0.493 e. The first-order valence-electron chi connectivity index (χ1n) is 12.2. The van der Waals surface area contributed by atoms with Crippen molar-refractivity contribution in [3.05, 3.63) is 70.7 Å². The van der Waals surface area contributed by atoms with Gasteiger partial charge in [-0.15, -0.1) is 0 Å². The summed E-state index contributed by atoms with van der Waals surface area (Å²) in [6.45, 7) is 7.84. The number of hydrogen-bond donors (Lipinski definition) is 2. The van der Waals surface area contributed by atoms with Gasteiger partial charge >= 0.3 is 0 Å². The molecule has 2 aromatic carbocycles. The fraction of sp³-hybridized carbons (Fsp3) is 0.357. The normalized spacial score (nSPS) is 19.4. The molecule has 0 amide bonds. The van der Waals surface area contributed by atoms with Crippen molar-refractivity contribution < 1.29 is 22.7 Å². The minimum Gasteiger partial charge on any atom is -0.493 e. The molecule has 9 nitrogen and oxygen atoms in total. The number of primary sulfonamides is 1. The van der Waals surface area contributed by atoms with Crippen LogP contribution >= 0.6 is 0 Å². The van der Waals surface area contributed by atoms with Crippen molar-refractivity contribution in [2.24, 2.45) is 16.3 Å². The first kappa shape index (κ1) is 27.2. The number of Topliss-reactive ketones (excluding diaryl/α,β-unsaturated/α-hetero) is 1. The van der Waals surface area contributed by atoms with Gasteiger partial charge in [0.2, 0.25) is 10.0 Å². The molecule has 0 unspecified atom stereocenters. The summed E-state index contributed by atoms with van der Waals surface area (Å²) in [5, 5.41) is 15.6. The molecule has 38 heavy (non-hydrogen) atoms. The Morgan fingerprint density at radius 3 is 2.32 bits per heavy atom. The first-order valence-corrected chi connectivity index (χ1v) is 13.8. The molecule has 0 spiro atoms. The molecule has 1 aliphatic carbocycles. The Balaban J connectivity index is 1.94. The highest BCUT2D eigenvalue weighted by Gasteiger charge is 2.44. The van der Waals surface area contributed by atoms with E-state index in [0.717, 1.165) is 0 Å². The van der Waals surface area contributed by atoms with E-state index in [-0.39, 0.29) is 33.6 Å². The standard InChI is InChI=1S/C28H32N4O5S/c1-16(2)37-23-11-6-17(12-24(23)36-5)25-20(15-29)27(30)32(18-7-9-19(10-8-18)38(31,34)35)21-13-28(3,4)14-22(33)26(21)25/h6-12,16,25H,13-14,30H2,1-5H3,(H2,31,34,35)/t25-/m0/s1. The van der Waals surface area contributed by atoms with Gasteiger partial charge in [-0.1, -0.05) is 19.9 Å². The van der Waals surface area contributed by atoms with E-state index < -0.39 is 15.9 Å². The van der Waals surface area contributed by atoms with Gasteiger partial charge in [0, 0.05) is 23.4 Å². The van der Waals surface area contributed by atoms with E-state index >= 15 is 0 Å². The van der Waals surface area contributed by atoms with Crippen molar-refractivity contribution in [2.45, 2.75) is 57.5 Å².